The first-order valence-corrected chi connectivity index (χ1v) is 10.9. The SMILES string of the molecule is CC(=O)NCC(NC(=O)c1c(C)cc2c(c1C)CCN(C(=O)c1ccc(Cl)cc1)C2)C(=O)O. The molecule has 0 aliphatic carbocycles. The zero-order valence-electron chi connectivity index (χ0n) is 18.7. The van der Waals surface area contributed by atoms with Crippen molar-refractivity contribution < 1.29 is 24.3 Å². The van der Waals surface area contributed by atoms with Gasteiger partial charge in [-0.3, -0.25) is 14.4 Å². The van der Waals surface area contributed by atoms with Crippen molar-refractivity contribution in [3.05, 3.63) is 68.7 Å². The van der Waals surface area contributed by atoms with Crippen LogP contribution in [0, 0.1) is 13.8 Å². The molecule has 1 heterocycles. The lowest BCUT2D eigenvalue weighted by Crippen LogP contribution is -2.48. The van der Waals surface area contributed by atoms with Crippen LogP contribution in [-0.2, 0) is 22.6 Å². The standard InChI is InChI=1S/C24H26ClN3O5/c1-13-10-17-12-28(23(31)16-4-6-18(25)7-5-16)9-8-19(17)14(2)21(13)22(30)27-20(24(32)33)11-26-15(3)29/h4-7,10,20H,8-9,11-12H2,1-3H3,(H,26,29)(H,27,30)(H,32,33). The number of carboxylic acid groups (broad SMARTS) is 1. The molecule has 0 bridgehead atoms. The van der Waals surface area contributed by atoms with Crippen LogP contribution >= 0.6 is 11.6 Å². The highest BCUT2D eigenvalue weighted by Gasteiger charge is 2.28. The smallest absolute Gasteiger partial charge is 0.328 e. The van der Waals surface area contributed by atoms with Crippen LogP contribution in [0.4, 0.5) is 0 Å². The number of nitrogens with one attached hydrogen (secondary N) is 2. The number of nitrogens with zero attached hydrogens (tertiary/aromatic N) is 1. The van der Waals surface area contributed by atoms with E-state index in [-0.39, 0.29) is 18.4 Å². The highest BCUT2D eigenvalue weighted by Crippen LogP contribution is 2.28. The highest BCUT2D eigenvalue weighted by molar-refractivity contribution is 6.30. The number of fused-ring (bicyclic) bond motifs is 1. The monoisotopic (exact) mass is 471 g/mol. The van der Waals surface area contributed by atoms with Gasteiger partial charge in [-0.05, 0) is 66.8 Å². The van der Waals surface area contributed by atoms with E-state index >= 15 is 0 Å². The van der Waals surface area contributed by atoms with E-state index in [1.165, 1.54) is 6.92 Å². The maximum atomic E-state index is 13.0. The van der Waals surface area contributed by atoms with Crippen molar-refractivity contribution in [3.8, 4) is 0 Å². The zero-order valence-corrected chi connectivity index (χ0v) is 19.5. The van der Waals surface area contributed by atoms with Gasteiger partial charge in [0.2, 0.25) is 5.91 Å². The average Bonchev–Trinajstić information content (AvgIpc) is 2.75. The van der Waals surface area contributed by atoms with E-state index < -0.39 is 17.9 Å². The predicted molar refractivity (Wildman–Crippen MR) is 123 cm³/mol. The predicted octanol–water partition coefficient (Wildman–Crippen LogP) is 2.47. The lowest BCUT2D eigenvalue weighted by Gasteiger charge is -2.31. The number of carbonyl (C=O) groups excluding carboxylic acids is 3. The number of aliphatic carboxylic acids is 1. The molecule has 2 aromatic carbocycles. The summed E-state index contributed by atoms with van der Waals surface area (Å²) in [7, 11) is 0. The van der Waals surface area contributed by atoms with Gasteiger partial charge in [-0.2, -0.15) is 0 Å². The van der Waals surface area contributed by atoms with Crippen molar-refractivity contribution in [1.82, 2.24) is 15.5 Å². The van der Waals surface area contributed by atoms with Gasteiger partial charge in [0.1, 0.15) is 6.04 Å². The maximum absolute atomic E-state index is 13.0. The molecule has 0 saturated carbocycles. The Kier molecular flexibility index (Phi) is 7.38. The van der Waals surface area contributed by atoms with Gasteiger partial charge in [-0.15, -0.1) is 0 Å². The third-order valence-electron chi connectivity index (χ3n) is 5.76. The van der Waals surface area contributed by atoms with Crippen LogP contribution in [0.25, 0.3) is 0 Å². The van der Waals surface area contributed by atoms with E-state index in [1.807, 2.05) is 13.0 Å². The van der Waals surface area contributed by atoms with Crippen LogP contribution in [0.15, 0.2) is 30.3 Å². The Balaban J connectivity index is 1.81. The van der Waals surface area contributed by atoms with Gasteiger partial charge in [-0.1, -0.05) is 17.7 Å². The number of aryl methyl sites for hydroxylation is 1. The zero-order chi connectivity index (χ0) is 24.3. The molecular weight excluding hydrogens is 446 g/mol. The van der Waals surface area contributed by atoms with E-state index in [1.54, 1.807) is 36.1 Å². The van der Waals surface area contributed by atoms with Gasteiger partial charge in [0.25, 0.3) is 11.8 Å². The van der Waals surface area contributed by atoms with Crippen molar-refractivity contribution in [2.24, 2.45) is 0 Å². The first-order chi connectivity index (χ1) is 15.6. The van der Waals surface area contributed by atoms with Crippen LogP contribution in [0.3, 0.4) is 0 Å². The molecule has 1 aliphatic rings. The number of rotatable bonds is 6. The summed E-state index contributed by atoms with van der Waals surface area (Å²) in [6.45, 7) is 5.60. The molecule has 2 aromatic rings. The topological polar surface area (TPSA) is 116 Å². The second-order valence-corrected chi connectivity index (χ2v) is 8.55. The van der Waals surface area contributed by atoms with Crippen LogP contribution in [0.5, 0.6) is 0 Å². The van der Waals surface area contributed by atoms with Gasteiger partial charge in [-0.25, -0.2) is 4.79 Å². The van der Waals surface area contributed by atoms with Gasteiger partial charge in [0.15, 0.2) is 0 Å². The number of amides is 3. The third-order valence-corrected chi connectivity index (χ3v) is 6.01. The molecule has 1 atom stereocenters. The molecule has 3 N–H and O–H groups in total. The molecule has 3 amide bonds. The van der Waals surface area contributed by atoms with Gasteiger partial charge >= 0.3 is 5.97 Å². The normalized spacial score (nSPS) is 13.6. The Morgan fingerprint density at radius 2 is 1.82 bits per heavy atom. The Hall–Kier alpha value is -3.39. The van der Waals surface area contributed by atoms with Crippen molar-refractivity contribution in [3.63, 3.8) is 0 Å². The molecule has 9 heteroatoms. The summed E-state index contributed by atoms with van der Waals surface area (Å²) in [5, 5.41) is 14.9. The Morgan fingerprint density at radius 3 is 2.42 bits per heavy atom. The molecule has 0 aromatic heterocycles. The van der Waals surface area contributed by atoms with Crippen LogP contribution in [-0.4, -0.2) is 52.8 Å². The lowest BCUT2D eigenvalue weighted by atomic mass is 9.88. The van der Waals surface area contributed by atoms with Crippen molar-refractivity contribution in [2.75, 3.05) is 13.1 Å². The number of carboxylic acids is 1. The molecule has 0 saturated heterocycles. The summed E-state index contributed by atoms with van der Waals surface area (Å²) in [5.74, 6) is -2.21. The second-order valence-electron chi connectivity index (χ2n) is 8.12. The quantitative estimate of drug-likeness (QED) is 0.598. The van der Waals surface area contributed by atoms with Gasteiger partial charge in [0.05, 0.1) is 0 Å². The van der Waals surface area contributed by atoms with E-state index in [9.17, 15) is 24.3 Å². The fraction of sp³-hybridized carbons (Fsp3) is 0.333. The number of carbonyl (C=O) groups is 4. The molecule has 33 heavy (non-hydrogen) atoms. The summed E-state index contributed by atoms with van der Waals surface area (Å²) >= 11 is 5.92. The van der Waals surface area contributed by atoms with Crippen LogP contribution < -0.4 is 10.6 Å². The number of halogens is 1. The summed E-state index contributed by atoms with van der Waals surface area (Å²) in [5.41, 5.74) is 4.38. The van der Waals surface area contributed by atoms with Gasteiger partial charge < -0.3 is 20.6 Å². The van der Waals surface area contributed by atoms with Crippen LogP contribution in [0.1, 0.15) is 49.9 Å². The molecular formula is C24H26ClN3O5. The molecule has 174 valence electrons. The number of hydrogen-bond acceptors (Lipinski definition) is 4. The van der Waals surface area contributed by atoms with Crippen molar-refractivity contribution in [2.45, 2.75) is 39.8 Å². The number of benzene rings is 2. The molecule has 0 radical (unpaired) electrons. The highest BCUT2D eigenvalue weighted by atomic mass is 35.5. The van der Waals surface area contributed by atoms with E-state index in [0.717, 1.165) is 16.7 Å². The molecule has 3 rings (SSSR count). The first-order valence-electron chi connectivity index (χ1n) is 10.5. The Morgan fingerprint density at radius 1 is 1.15 bits per heavy atom. The fourth-order valence-corrected chi connectivity index (χ4v) is 4.23. The van der Waals surface area contributed by atoms with Gasteiger partial charge in [0, 0.05) is 42.7 Å². The largest absolute Gasteiger partial charge is 0.480 e. The summed E-state index contributed by atoms with van der Waals surface area (Å²) in [4.78, 5) is 50.2. The lowest BCUT2D eigenvalue weighted by molar-refractivity contribution is -0.139. The summed E-state index contributed by atoms with van der Waals surface area (Å²) in [6, 6.07) is 7.39. The number of hydrogen-bond donors (Lipinski definition) is 3. The average molecular weight is 472 g/mol. The van der Waals surface area contributed by atoms with E-state index in [2.05, 4.69) is 10.6 Å². The molecule has 8 nitrogen and oxygen atoms in total. The first kappa shape index (κ1) is 24.3. The summed E-state index contributed by atoms with van der Waals surface area (Å²) < 4.78 is 0. The van der Waals surface area contributed by atoms with E-state index in [0.29, 0.717) is 41.2 Å². The minimum Gasteiger partial charge on any atom is -0.480 e. The molecule has 0 spiro atoms. The Labute approximate surface area is 196 Å². The maximum Gasteiger partial charge on any atom is 0.328 e. The minimum atomic E-state index is -1.25. The third kappa shape index (κ3) is 5.51. The Bertz CT molecular complexity index is 1110. The van der Waals surface area contributed by atoms with Crippen LogP contribution in [0.2, 0.25) is 5.02 Å². The summed E-state index contributed by atoms with van der Waals surface area (Å²) in [6.07, 6.45) is 0.579. The van der Waals surface area contributed by atoms with E-state index in [4.69, 9.17) is 11.6 Å². The fourth-order valence-electron chi connectivity index (χ4n) is 4.10. The second kappa shape index (κ2) is 10.0. The molecule has 1 aliphatic heterocycles. The molecule has 0 fully saturated rings. The van der Waals surface area contributed by atoms with Crippen molar-refractivity contribution in [1.29, 1.82) is 0 Å². The van der Waals surface area contributed by atoms with Crippen molar-refractivity contribution >= 4 is 35.3 Å². The minimum absolute atomic E-state index is 0.0864. The molecule has 1 unspecified atom stereocenters.